The van der Waals surface area contributed by atoms with Crippen LogP contribution in [0.4, 0.5) is 5.69 Å². The average Bonchev–Trinajstić information content (AvgIpc) is 2.84. The zero-order valence-corrected chi connectivity index (χ0v) is 11.0. The second-order valence-corrected chi connectivity index (χ2v) is 4.91. The highest BCUT2D eigenvalue weighted by molar-refractivity contribution is 7.11. The summed E-state index contributed by atoms with van der Waals surface area (Å²) < 4.78 is 5.53. The number of carbonyl (C=O) groups is 1. The molecule has 1 heterocycles. The van der Waals surface area contributed by atoms with Gasteiger partial charge in [-0.3, -0.25) is 14.9 Å². The summed E-state index contributed by atoms with van der Waals surface area (Å²) in [5.41, 5.74) is 1.54. The second-order valence-electron chi connectivity index (χ2n) is 3.97. The third-order valence-electron chi connectivity index (χ3n) is 2.56. The van der Waals surface area contributed by atoms with Crippen molar-refractivity contribution in [2.24, 2.45) is 0 Å². The molecule has 5 nitrogen and oxygen atoms in total. The smallest absolute Gasteiger partial charge is 0.272 e. The lowest BCUT2D eigenvalue weighted by molar-refractivity contribution is -0.385. The van der Waals surface area contributed by atoms with Gasteiger partial charge in [0.2, 0.25) is 0 Å². The molecule has 98 valence electrons. The van der Waals surface area contributed by atoms with Crippen molar-refractivity contribution < 1.29 is 14.5 Å². The first kappa shape index (κ1) is 13.2. The Balaban J connectivity index is 2.05. The number of nitro benzene ring substituents is 1. The molecule has 0 saturated heterocycles. The highest BCUT2D eigenvalue weighted by atomic mass is 32.1. The van der Waals surface area contributed by atoms with Crippen LogP contribution < -0.4 is 4.74 Å². The highest BCUT2D eigenvalue weighted by Crippen LogP contribution is 2.24. The lowest BCUT2D eigenvalue weighted by atomic mass is 10.2. The van der Waals surface area contributed by atoms with Crippen LogP contribution >= 0.6 is 11.3 Å². The van der Waals surface area contributed by atoms with Gasteiger partial charge in [0.25, 0.3) is 5.69 Å². The number of aldehydes is 1. The molecule has 0 radical (unpaired) electrons. The van der Waals surface area contributed by atoms with E-state index in [-0.39, 0.29) is 5.69 Å². The Bertz CT molecular complexity index is 621. The summed E-state index contributed by atoms with van der Waals surface area (Å²) in [6, 6.07) is 6.38. The molecule has 0 bridgehead atoms. The summed E-state index contributed by atoms with van der Waals surface area (Å²) in [5.74, 6) is 0.571. The number of hydrogen-bond acceptors (Lipinski definition) is 5. The van der Waals surface area contributed by atoms with Crippen LogP contribution in [-0.4, -0.2) is 11.2 Å². The third kappa shape index (κ3) is 3.17. The lowest BCUT2D eigenvalue weighted by Gasteiger charge is -2.05. The van der Waals surface area contributed by atoms with Crippen molar-refractivity contribution in [3.8, 4) is 5.75 Å². The predicted molar refractivity (Wildman–Crippen MR) is 71.9 cm³/mol. The number of rotatable bonds is 5. The van der Waals surface area contributed by atoms with Gasteiger partial charge < -0.3 is 4.74 Å². The first-order valence-corrected chi connectivity index (χ1v) is 6.38. The fourth-order valence-corrected chi connectivity index (χ4v) is 2.32. The predicted octanol–water partition coefficient (Wildman–Crippen LogP) is 3.36. The molecule has 1 aromatic heterocycles. The van der Waals surface area contributed by atoms with Crippen LogP contribution in [0.1, 0.15) is 20.8 Å². The Morgan fingerprint density at radius 2 is 2.21 bits per heavy atom. The standard InChI is InChI=1S/C13H11NO4S/c1-9-4-11(2-3-13(9)14(16)17)18-7-10-5-12(6-15)19-8-10/h2-6,8H,7H2,1H3. The van der Waals surface area contributed by atoms with E-state index in [1.165, 1.54) is 17.4 Å². The second kappa shape index (κ2) is 5.62. The molecular weight excluding hydrogens is 266 g/mol. The zero-order chi connectivity index (χ0) is 13.8. The van der Waals surface area contributed by atoms with Gasteiger partial charge in [-0.05, 0) is 30.5 Å². The minimum absolute atomic E-state index is 0.0751. The number of aryl methyl sites for hydroxylation is 1. The van der Waals surface area contributed by atoms with Crippen LogP contribution in [0.25, 0.3) is 0 Å². The Hall–Kier alpha value is -2.21. The van der Waals surface area contributed by atoms with Crippen molar-refractivity contribution >= 4 is 23.3 Å². The summed E-state index contributed by atoms with van der Waals surface area (Å²) >= 11 is 1.36. The van der Waals surface area contributed by atoms with E-state index >= 15 is 0 Å². The van der Waals surface area contributed by atoms with Crippen molar-refractivity contribution in [1.82, 2.24) is 0 Å². The Kier molecular flexibility index (Phi) is 3.91. The van der Waals surface area contributed by atoms with Gasteiger partial charge in [0.15, 0.2) is 6.29 Å². The van der Waals surface area contributed by atoms with E-state index in [4.69, 9.17) is 4.74 Å². The highest BCUT2D eigenvalue weighted by Gasteiger charge is 2.10. The number of nitrogens with zero attached hydrogens (tertiary/aromatic N) is 1. The molecule has 0 atom stereocenters. The Morgan fingerprint density at radius 1 is 1.42 bits per heavy atom. The molecule has 2 rings (SSSR count). The van der Waals surface area contributed by atoms with Gasteiger partial charge in [-0.1, -0.05) is 0 Å². The summed E-state index contributed by atoms with van der Waals surface area (Å²) in [6.07, 6.45) is 0.796. The molecule has 0 saturated carbocycles. The van der Waals surface area contributed by atoms with Crippen LogP contribution in [0, 0.1) is 17.0 Å². The molecule has 0 spiro atoms. The molecule has 0 aliphatic carbocycles. The number of carbonyl (C=O) groups excluding carboxylic acids is 1. The maximum atomic E-state index is 10.7. The molecule has 0 aliphatic heterocycles. The van der Waals surface area contributed by atoms with Crippen molar-refractivity contribution in [3.63, 3.8) is 0 Å². The normalized spacial score (nSPS) is 10.2. The van der Waals surface area contributed by atoms with Crippen molar-refractivity contribution in [1.29, 1.82) is 0 Å². The number of nitro groups is 1. The van der Waals surface area contributed by atoms with Crippen LogP contribution in [0.2, 0.25) is 0 Å². The largest absolute Gasteiger partial charge is 0.489 e. The molecule has 19 heavy (non-hydrogen) atoms. The number of hydrogen-bond donors (Lipinski definition) is 0. The first-order chi connectivity index (χ1) is 9.10. The van der Waals surface area contributed by atoms with Crippen LogP contribution in [-0.2, 0) is 6.61 Å². The molecule has 0 unspecified atom stereocenters. The fraction of sp³-hybridized carbons (Fsp3) is 0.154. The van der Waals surface area contributed by atoms with E-state index in [1.807, 2.05) is 5.38 Å². The first-order valence-electron chi connectivity index (χ1n) is 5.50. The SMILES string of the molecule is Cc1cc(OCc2csc(C=O)c2)ccc1[N+](=O)[O-]. The van der Waals surface area contributed by atoms with Crippen molar-refractivity contribution in [3.05, 3.63) is 55.8 Å². The van der Waals surface area contributed by atoms with Gasteiger partial charge in [-0.15, -0.1) is 11.3 Å². The van der Waals surface area contributed by atoms with E-state index in [2.05, 4.69) is 0 Å². The maximum Gasteiger partial charge on any atom is 0.272 e. The maximum absolute atomic E-state index is 10.7. The van der Waals surface area contributed by atoms with Gasteiger partial charge >= 0.3 is 0 Å². The Labute approximate surface area is 113 Å². The summed E-state index contributed by atoms with van der Waals surface area (Å²) in [6.45, 7) is 2.00. The number of ether oxygens (including phenoxy) is 1. The van der Waals surface area contributed by atoms with E-state index < -0.39 is 4.92 Å². The molecule has 0 N–H and O–H groups in total. The molecule has 0 fully saturated rings. The number of thiophene rings is 1. The van der Waals surface area contributed by atoms with Crippen LogP contribution in [0.15, 0.2) is 29.6 Å². The summed E-state index contributed by atoms with van der Waals surface area (Å²) in [4.78, 5) is 21.5. The molecule has 0 aliphatic rings. The fourth-order valence-electron chi connectivity index (χ4n) is 1.62. The van der Waals surface area contributed by atoms with E-state index in [0.717, 1.165) is 11.8 Å². The minimum Gasteiger partial charge on any atom is -0.489 e. The van der Waals surface area contributed by atoms with Gasteiger partial charge in [0, 0.05) is 17.2 Å². The molecule has 6 heteroatoms. The third-order valence-corrected chi connectivity index (χ3v) is 3.47. The quantitative estimate of drug-likeness (QED) is 0.477. The average molecular weight is 277 g/mol. The van der Waals surface area contributed by atoms with E-state index in [1.54, 1.807) is 25.1 Å². The minimum atomic E-state index is -0.422. The van der Waals surface area contributed by atoms with Crippen molar-refractivity contribution in [2.75, 3.05) is 0 Å². The zero-order valence-electron chi connectivity index (χ0n) is 10.2. The number of benzene rings is 1. The van der Waals surface area contributed by atoms with Crippen molar-refractivity contribution in [2.45, 2.75) is 13.5 Å². The monoisotopic (exact) mass is 277 g/mol. The summed E-state index contributed by atoms with van der Waals surface area (Å²) in [5, 5.41) is 12.5. The molecular formula is C13H11NO4S. The Morgan fingerprint density at radius 3 is 2.79 bits per heavy atom. The lowest BCUT2D eigenvalue weighted by Crippen LogP contribution is -1.96. The molecule has 0 amide bonds. The van der Waals surface area contributed by atoms with Crippen LogP contribution in [0.5, 0.6) is 5.75 Å². The van der Waals surface area contributed by atoms with Gasteiger partial charge in [0.05, 0.1) is 9.80 Å². The van der Waals surface area contributed by atoms with Gasteiger partial charge in [-0.2, -0.15) is 0 Å². The van der Waals surface area contributed by atoms with Gasteiger partial charge in [0.1, 0.15) is 12.4 Å². The van der Waals surface area contributed by atoms with Crippen LogP contribution in [0.3, 0.4) is 0 Å². The van der Waals surface area contributed by atoms with E-state index in [0.29, 0.717) is 22.8 Å². The molecule has 1 aromatic carbocycles. The molecule has 2 aromatic rings. The topological polar surface area (TPSA) is 69.4 Å². The summed E-state index contributed by atoms with van der Waals surface area (Å²) in [7, 11) is 0. The van der Waals surface area contributed by atoms with E-state index in [9.17, 15) is 14.9 Å². The van der Waals surface area contributed by atoms with Gasteiger partial charge in [-0.25, -0.2) is 0 Å².